The Kier molecular flexibility index (Phi) is 5.30. The summed E-state index contributed by atoms with van der Waals surface area (Å²) in [5.41, 5.74) is 2.50. The van der Waals surface area contributed by atoms with Gasteiger partial charge < -0.3 is 9.73 Å². The molecule has 1 amide bonds. The van der Waals surface area contributed by atoms with Crippen LogP contribution in [0, 0.1) is 5.95 Å². The lowest BCUT2D eigenvalue weighted by Gasteiger charge is -2.11. The van der Waals surface area contributed by atoms with Crippen molar-refractivity contribution in [2.24, 2.45) is 0 Å². The van der Waals surface area contributed by atoms with E-state index in [4.69, 9.17) is 4.42 Å². The van der Waals surface area contributed by atoms with E-state index >= 15 is 0 Å². The largest absolute Gasteiger partial charge is 0.423 e. The van der Waals surface area contributed by atoms with Gasteiger partial charge in [-0.1, -0.05) is 19.9 Å². The number of hydrogen-bond donors (Lipinski definition) is 1. The van der Waals surface area contributed by atoms with E-state index in [1.165, 1.54) is 23.6 Å². The summed E-state index contributed by atoms with van der Waals surface area (Å²) in [5.74, 6) is 0.160. The molecule has 3 aromatic heterocycles. The van der Waals surface area contributed by atoms with Gasteiger partial charge in [-0.25, -0.2) is 9.97 Å². The van der Waals surface area contributed by atoms with Crippen LogP contribution in [0.15, 0.2) is 40.9 Å². The second-order valence-electron chi connectivity index (χ2n) is 6.35. The second kappa shape index (κ2) is 8.04. The van der Waals surface area contributed by atoms with Crippen molar-refractivity contribution in [1.82, 2.24) is 25.5 Å². The first-order valence-electron chi connectivity index (χ1n) is 9.21. The number of amides is 1. The summed E-state index contributed by atoms with van der Waals surface area (Å²) in [7, 11) is 0. The predicted octanol–water partition coefficient (Wildman–Crippen LogP) is 4.06. The third-order valence-corrected chi connectivity index (χ3v) is 5.45. The minimum Gasteiger partial charge on any atom is -0.423 e. The van der Waals surface area contributed by atoms with Gasteiger partial charge in [0.05, 0.1) is 10.2 Å². The molecule has 4 rings (SSSR count). The Morgan fingerprint density at radius 1 is 1.21 bits per heavy atom. The maximum Gasteiger partial charge on any atom is 0.245 e. The van der Waals surface area contributed by atoms with Crippen LogP contribution in [0.2, 0.25) is 0 Å². The summed E-state index contributed by atoms with van der Waals surface area (Å²) < 4.78 is 19.7. The lowest BCUT2D eigenvalue weighted by atomic mass is 10.1. The summed E-state index contributed by atoms with van der Waals surface area (Å²) in [6, 6.07) is 8.16. The standard InChI is InChI=1S/C20H18FN5O2S/c1-3-16(27)24-18(19-26-25-17(4-2)28-19)20-23-13-7-5-11(9-14(13)29-20)12-6-8-15(21)22-10-12/h5-10,18H,3-4H2,1-2H3,(H,24,27). The molecule has 1 aromatic carbocycles. The number of nitrogens with one attached hydrogen (secondary N) is 1. The molecule has 0 aliphatic carbocycles. The third kappa shape index (κ3) is 4.00. The Balaban J connectivity index is 1.73. The second-order valence-corrected chi connectivity index (χ2v) is 7.41. The molecule has 7 nitrogen and oxygen atoms in total. The van der Waals surface area contributed by atoms with Crippen molar-refractivity contribution >= 4 is 27.5 Å². The van der Waals surface area contributed by atoms with Gasteiger partial charge in [-0.15, -0.1) is 21.5 Å². The van der Waals surface area contributed by atoms with Crippen LogP contribution >= 0.6 is 11.3 Å². The fourth-order valence-electron chi connectivity index (χ4n) is 2.81. The molecular weight excluding hydrogens is 393 g/mol. The molecule has 1 N–H and O–H groups in total. The maximum absolute atomic E-state index is 13.1. The quantitative estimate of drug-likeness (QED) is 0.481. The number of pyridine rings is 1. The maximum atomic E-state index is 13.1. The Hall–Kier alpha value is -3.20. The highest BCUT2D eigenvalue weighted by atomic mass is 32.1. The predicted molar refractivity (Wildman–Crippen MR) is 107 cm³/mol. The van der Waals surface area contributed by atoms with Crippen LogP contribution < -0.4 is 5.32 Å². The van der Waals surface area contributed by atoms with Crippen molar-refractivity contribution in [3.63, 3.8) is 0 Å². The summed E-state index contributed by atoms with van der Waals surface area (Å²) in [5, 5.41) is 11.7. The van der Waals surface area contributed by atoms with Crippen LogP contribution in [-0.4, -0.2) is 26.1 Å². The zero-order valence-corrected chi connectivity index (χ0v) is 16.7. The van der Waals surface area contributed by atoms with Gasteiger partial charge in [0.25, 0.3) is 0 Å². The van der Waals surface area contributed by atoms with Crippen LogP contribution in [-0.2, 0) is 11.2 Å². The molecule has 0 saturated carbocycles. The number of carbonyl (C=O) groups is 1. The van der Waals surface area contributed by atoms with Crippen LogP contribution in [0.4, 0.5) is 4.39 Å². The lowest BCUT2D eigenvalue weighted by Crippen LogP contribution is -2.28. The molecule has 9 heteroatoms. The average Bonchev–Trinajstić information content (AvgIpc) is 3.38. The molecule has 0 fully saturated rings. The van der Waals surface area contributed by atoms with Crippen molar-refractivity contribution in [2.75, 3.05) is 0 Å². The molecule has 0 spiro atoms. The van der Waals surface area contributed by atoms with Gasteiger partial charge in [0.15, 0.2) is 6.04 Å². The number of aryl methyl sites for hydroxylation is 1. The molecule has 0 aliphatic heterocycles. The first-order chi connectivity index (χ1) is 14.1. The van der Waals surface area contributed by atoms with Crippen LogP contribution in [0.5, 0.6) is 0 Å². The van der Waals surface area contributed by atoms with Crippen molar-refractivity contribution in [3.05, 3.63) is 59.3 Å². The average molecular weight is 411 g/mol. The van der Waals surface area contributed by atoms with E-state index in [-0.39, 0.29) is 5.91 Å². The van der Waals surface area contributed by atoms with Crippen LogP contribution in [0.3, 0.4) is 0 Å². The highest BCUT2D eigenvalue weighted by Crippen LogP contribution is 2.32. The number of nitrogens with zero attached hydrogens (tertiary/aromatic N) is 4. The Morgan fingerprint density at radius 3 is 2.72 bits per heavy atom. The smallest absolute Gasteiger partial charge is 0.245 e. The Bertz CT molecular complexity index is 1160. The Morgan fingerprint density at radius 2 is 2.03 bits per heavy atom. The number of carbonyl (C=O) groups excluding carboxylic acids is 1. The third-order valence-electron chi connectivity index (χ3n) is 4.37. The zero-order chi connectivity index (χ0) is 20.4. The van der Waals surface area contributed by atoms with Crippen LogP contribution in [0.1, 0.15) is 43.1 Å². The van der Waals surface area contributed by atoms with E-state index in [1.54, 1.807) is 13.0 Å². The molecule has 0 aliphatic rings. The first kappa shape index (κ1) is 19.1. The Labute approximate surface area is 170 Å². The molecule has 0 bridgehead atoms. The molecular formula is C20H18FN5O2S. The fourth-order valence-corrected chi connectivity index (χ4v) is 3.86. The number of fused-ring (bicyclic) bond motifs is 1. The number of benzene rings is 1. The monoisotopic (exact) mass is 411 g/mol. The van der Waals surface area contributed by atoms with Gasteiger partial charge in [-0.05, 0) is 29.8 Å². The minimum atomic E-state index is -0.608. The number of thiazole rings is 1. The summed E-state index contributed by atoms with van der Waals surface area (Å²) in [4.78, 5) is 20.4. The van der Waals surface area contributed by atoms with Gasteiger partial charge in [-0.3, -0.25) is 4.79 Å². The van der Waals surface area contributed by atoms with Gasteiger partial charge in [-0.2, -0.15) is 4.39 Å². The number of aromatic nitrogens is 4. The van der Waals surface area contributed by atoms with E-state index in [0.29, 0.717) is 29.6 Å². The molecule has 4 aromatic rings. The van der Waals surface area contributed by atoms with Crippen molar-refractivity contribution in [1.29, 1.82) is 0 Å². The van der Waals surface area contributed by atoms with Gasteiger partial charge in [0.2, 0.25) is 23.6 Å². The van der Waals surface area contributed by atoms with Gasteiger partial charge in [0, 0.05) is 24.6 Å². The van der Waals surface area contributed by atoms with E-state index in [0.717, 1.165) is 21.3 Å². The topological polar surface area (TPSA) is 93.8 Å². The highest BCUT2D eigenvalue weighted by molar-refractivity contribution is 7.18. The first-order valence-corrected chi connectivity index (χ1v) is 10.0. The molecule has 3 heterocycles. The molecule has 0 radical (unpaired) electrons. The molecule has 148 valence electrons. The van der Waals surface area contributed by atoms with E-state index in [2.05, 4.69) is 25.5 Å². The molecule has 0 saturated heterocycles. The van der Waals surface area contributed by atoms with Crippen LogP contribution in [0.25, 0.3) is 21.3 Å². The highest BCUT2D eigenvalue weighted by Gasteiger charge is 2.26. The van der Waals surface area contributed by atoms with Crippen molar-refractivity contribution in [2.45, 2.75) is 32.7 Å². The number of rotatable bonds is 6. The summed E-state index contributed by atoms with van der Waals surface area (Å²) in [6.45, 7) is 3.69. The molecule has 1 unspecified atom stereocenters. The number of halogens is 1. The molecule has 29 heavy (non-hydrogen) atoms. The van der Waals surface area contributed by atoms with Gasteiger partial charge in [0.1, 0.15) is 5.01 Å². The van der Waals surface area contributed by atoms with Crippen molar-refractivity contribution < 1.29 is 13.6 Å². The SMILES string of the molecule is CCC(=O)NC(c1nnc(CC)o1)c1nc2ccc(-c3ccc(F)nc3)cc2s1. The lowest BCUT2D eigenvalue weighted by molar-refractivity contribution is -0.121. The number of hydrogen-bond acceptors (Lipinski definition) is 7. The van der Waals surface area contributed by atoms with E-state index < -0.39 is 12.0 Å². The normalized spacial score (nSPS) is 12.2. The summed E-state index contributed by atoms with van der Waals surface area (Å²) >= 11 is 1.43. The van der Waals surface area contributed by atoms with E-state index in [1.807, 2.05) is 25.1 Å². The van der Waals surface area contributed by atoms with Crippen molar-refractivity contribution in [3.8, 4) is 11.1 Å². The van der Waals surface area contributed by atoms with Gasteiger partial charge >= 0.3 is 0 Å². The minimum absolute atomic E-state index is 0.136. The van der Waals surface area contributed by atoms with E-state index in [9.17, 15) is 9.18 Å². The zero-order valence-electron chi connectivity index (χ0n) is 15.8. The fraction of sp³-hybridized carbons (Fsp3) is 0.250. The summed E-state index contributed by atoms with van der Waals surface area (Å²) in [6.07, 6.45) is 2.43. The molecule has 1 atom stereocenters.